The summed E-state index contributed by atoms with van der Waals surface area (Å²) in [7, 11) is 0. The summed E-state index contributed by atoms with van der Waals surface area (Å²) < 4.78 is 88.8. The Morgan fingerprint density at radius 3 is 1.88 bits per heavy atom. The Morgan fingerprint density at radius 1 is 0.651 bits per heavy atom. The Hall–Kier alpha value is -4.59. The van der Waals surface area contributed by atoms with Crippen molar-refractivity contribution in [3.63, 3.8) is 0 Å². The highest BCUT2D eigenvalue weighted by Gasteiger charge is 2.35. The van der Waals surface area contributed by atoms with Crippen LogP contribution in [0.4, 0.5) is 26.3 Å². The van der Waals surface area contributed by atoms with Gasteiger partial charge >= 0.3 is 6.11 Å². The molecule has 0 amide bonds. The highest BCUT2D eigenvalue weighted by atomic mass is 19.3. The van der Waals surface area contributed by atoms with E-state index in [0.29, 0.717) is 23.3 Å². The average molecular weight is 592 g/mol. The second kappa shape index (κ2) is 12.7. The summed E-state index contributed by atoms with van der Waals surface area (Å²) in [5, 5.41) is 0. The third-order valence-electron chi connectivity index (χ3n) is 7.11. The summed E-state index contributed by atoms with van der Waals surface area (Å²) in [5.74, 6) is -6.53. The van der Waals surface area contributed by atoms with Crippen molar-refractivity contribution >= 4 is 0 Å². The standard InChI is InChI=1S/C35H27F6NO/c1-2-3-4-5-22-6-17-33(42-21-22)25-9-7-23(8-10-25)26-13-16-29(30(36)18-26)24-11-14-27(15-12-24)35(40,41)43-28-19-31(37)34(39)32(38)20-28/h6-21H,2-5H2,1H3. The summed E-state index contributed by atoms with van der Waals surface area (Å²) in [6, 6.07) is 21.6. The predicted molar refractivity (Wildman–Crippen MR) is 155 cm³/mol. The van der Waals surface area contributed by atoms with Crippen molar-refractivity contribution in [2.45, 2.75) is 38.7 Å². The van der Waals surface area contributed by atoms with Crippen LogP contribution in [-0.2, 0) is 12.5 Å². The quantitative estimate of drug-likeness (QED) is 0.0916. The lowest BCUT2D eigenvalue weighted by atomic mass is 9.98. The molecule has 2 nitrogen and oxygen atoms in total. The number of hydrogen-bond donors (Lipinski definition) is 0. The first kappa shape index (κ1) is 29.9. The molecular formula is C35H27F6NO. The van der Waals surface area contributed by atoms with Crippen molar-refractivity contribution in [2.75, 3.05) is 0 Å². The maximum Gasteiger partial charge on any atom is 0.426 e. The van der Waals surface area contributed by atoms with E-state index in [9.17, 15) is 22.0 Å². The van der Waals surface area contributed by atoms with Gasteiger partial charge in [0.2, 0.25) is 0 Å². The van der Waals surface area contributed by atoms with Gasteiger partial charge in [-0.3, -0.25) is 4.98 Å². The van der Waals surface area contributed by atoms with E-state index in [2.05, 4.69) is 22.7 Å². The molecular weight excluding hydrogens is 564 g/mol. The molecule has 5 aromatic rings. The molecule has 0 fully saturated rings. The van der Waals surface area contributed by atoms with Gasteiger partial charge in [-0.2, -0.15) is 8.78 Å². The smallest absolute Gasteiger partial charge is 0.426 e. The highest BCUT2D eigenvalue weighted by Crippen LogP contribution is 2.35. The van der Waals surface area contributed by atoms with Gasteiger partial charge in [0.1, 0.15) is 11.6 Å². The van der Waals surface area contributed by atoms with Crippen LogP contribution in [0.1, 0.15) is 37.3 Å². The lowest BCUT2D eigenvalue weighted by Crippen LogP contribution is -2.22. The molecule has 0 unspecified atom stereocenters. The summed E-state index contributed by atoms with van der Waals surface area (Å²) in [6.45, 7) is 2.17. The molecule has 0 aliphatic heterocycles. The lowest BCUT2D eigenvalue weighted by Gasteiger charge is -2.19. The summed E-state index contributed by atoms with van der Waals surface area (Å²) in [4.78, 5) is 4.58. The molecule has 0 spiro atoms. The number of rotatable bonds is 10. The minimum atomic E-state index is -3.99. The summed E-state index contributed by atoms with van der Waals surface area (Å²) in [5.41, 5.74) is 4.33. The van der Waals surface area contributed by atoms with E-state index in [1.54, 1.807) is 12.1 Å². The maximum atomic E-state index is 15.2. The van der Waals surface area contributed by atoms with E-state index >= 15 is 4.39 Å². The number of hydrogen-bond acceptors (Lipinski definition) is 2. The van der Waals surface area contributed by atoms with Crippen LogP contribution in [-0.4, -0.2) is 4.98 Å². The molecule has 0 N–H and O–H groups in total. The lowest BCUT2D eigenvalue weighted by molar-refractivity contribution is -0.185. The maximum absolute atomic E-state index is 15.2. The number of aromatic nitrogens is 1. The largest absolute Gasteiger partial charge is 0.429 e. The van der Waals surface area contributed by atoms with Gasteiger partial charge in [0, 0.05) is 29.5 Å². The van der Waals surface area contributed by atoms with Crippen LogP contribution in [0.15, 0.2) is 97.2 Å². The molecule has 0 bridgehead atoms. The number of ether oxygens (including phenoxy) is 1. The van der Waals surface area contributed by atoms with Gasteiger partial charge in [-0.15, -0.1) is 0 Å². The number of benzene rings is 4. The number of unbranched alkanes of at least 4 members (excludes halogenated alkanes) is 2. The minimum absolute atomic E-state index is 0.196. The summed E-state index contributed by atoms with van der Waals surface area (Å²) >= 11 is 0. The van der Waals surface area contributed by atoms with E-state index in [1.807, 2.05) is 36.5 Å². The molecule has 1 heterocycles. The third kappa shape index (κ3) is 6.91. The molecule has 0 atom stereocenters. The Morgan fingerprint density at radius 2 is 1.28 bits per heavy atom. The zero-order valence-electron chi connectivity index (χ0n) is 23.2. The van der Waals surface area contributed by atoms with Gasteiger partial charge in [0.05, 0.1) is 11.3 Å². The van der Waals surface area contributed by atoms with Gasteiger partial charge in [0.25, 0.3) is 0 Å². The van der Waals surface area contributed by atoms with Gasteiger partial charge in [-0.1, -0.05) is 74.4 Å². The van der Waals surface area contributed by atoms with Gasteiger partial charge in [-0.05, 0) is 59.4 Å². The molecule has 1 aromatic heterocycles. The average Bonchev–Trinajstić information content (AvgIpc) is 3.00. The van der Waals surface area contributed by atoms with Gasteiger partial charge < -0.3 is 4.74 Å². The van der Waals surface area contributed by atoms with Crippen LogP contribution >= 0.6 is 0 Å². The Balaban J connectivity index is 1.28. The number of alkyl halides is 2. The summed E-state index contributed by atoms with van der Waals surface area (Å²) in [6.07, 6.45) is 2.43. The molecule has 0 aliphatic carbocycles. The molecule has 8 heteroatoms. The Labute approximate surface area is 245 Å². The van der Waals surface area contributed by atoms with Crippen LogP contribution in [0.3, 0.4) is 0 Å². The van der Waals surface area contributed by atoms with Crippen LogP contribution in [0, 0.1) is 23.3 Å². The first-order valence-corrected chi connectivity index (χ1v) is 13.8. The molecule has 0 saturated heterocycles. The highest BCUT2D eigenvalue weighted by molar-refractivity contribution is 5.73. The molecule has 43 heavy (non-hydrogen) atoms. The van der Waals surface area contributed by atoms with Crippen molar-refractivity contribution in [2.24, 2.45) is 0 Å². The topological polar surface area (TPSA) is 22.1 Å². The monoisotopic (exact) mass is 591 g/mol. The molecule has 4 aromatic carbocycles. The number of pyridine rings is 1. The van der Waals surface area contributed by atoms with Crippen LogP contribution in [0.5, 0.6) is 5.75 Å². The van der Waals surface area contributed by atoms with Crippen LogP contribution in [0.2, 0.25) is 0 Å². The fraction of sp³-hybridized carbons (Fsp3) is 0.171. The predicted octanol–water partition coefficient (Wildman–Crippen LogP) is 10.5. The van der Waals surface area contributed by atoms with E-state index in [4.69, 9.17) is 0 Å². The number of halogens is 6. The minimum Gasteiger partial charge on any atom is -0.429 e. The third-order valence-corrected chi connectivity index (χ3v) is 7.11. The van der Waals surface area contributed by atoms with Crippen molar-refractivity contribution in [1.82, 2.24) is 4.98 Å². The second-order valence-electron chi connectivity index (χ2n) is 10.2. The molecule has 0 radical (unpaired) electrons. The van der Waals surface area contributed by atoms with Crippen LogP contribution in [0.25, 0.3) is 33.5 Å². The fourth-order valence-corrected chi connectivity index (χ4v) is 4.73. The second-order valence-corrected chi connectivity index (χ2v) is 10.2. The Kier molecular flexibility index (Phi) is 8.85. The van der Waals surface area contributed by atoms with Crippen molar-refractivity contribution in [1.29, 1.82) is 0 Å². The Bertz CT molecular complexity index is 1680. The first-order valence-electron chi connectivity index (χ1n) is 13.8. The molecule has 0 saturated carbocycles. The van der Waals surface area contributed by atoms with Gasteiger partial charge in [0.15, 0.2) is 17.5 Å². The van der Waals surface area contributed by atoms with E-state index < -0.39 is 40.7 Å². The van der Waals surface area contributed by atoms with E-state index in [-0.39, 0.29) is 5.56 Å². The normalized spacial score (nSPS) is 11.5. The zero-order chi connectivity index (χ0) is 30.6. The van der Waals surface area contributed by atoms with Crippen molar-refractivity contribution in [3.8, 4) is 39.3 Å². The van der Waals surface area contributed by atoms with Crippen molar-refractivity contribution in [3.05, 3.63) is 132 Å². The first-order chi connectivity index (χ1) is 20.6. The van der Waals surface area contributed by atoms with E-state index in [0.717, 1.165) is 41.8 Å². The van der Waals surface area contributed by atoms with E-state index in [1.165, 1.54) is 36.6 Å². The fourth-order valence-electron chi connectivity index (χ4n) is 4.73. The van der Waals surface area contributed by atoms with Gasteiger partial charge in [-0.25, -0.2) is 17.6 Å². The SMILES string of the molecule is CCCCCc1ccc(-c2ccc(-c3ccc(-c4ccc(C(F)(F)Oc5cc(F)c(F)c(F)c5)cc4)c(F)c3)cc2)nc1. The molecule has 220 valence electrons. The molecule has 5 rings (SSSR count). The zero-order valence-corrected chi connectivity index (χ0v) is 23.2. The molecule has 0 aliphatic rings. The number of nitrogens with zero attached hydrogens (tertiary/aromatic N) is 1. The number of aryl methyl sites for hydroxylation is 1. The van der Waals surface area contributed by atoms with Crippen LogP contribution < -0.4 is 4.74 Å². The van der Waals surface area contributed by atoms with Crippen molar-refractivity contribution < 1.29 is 31.1 Å².